The quantitative estimate of drug-likeness (QED) is 0.486. The predicted molar refractivity (Wildman–Crippen MR) is 35.1 cm³/mol. The van der Waals surface area contributed by atoms with Crippen molar-refractivity contribution < 1.29 is 9.47 Å². The maximum Gasteiger partial charge on any atom is 0.0860 e. The average Bonchev–Trinajstić information content (AvgIpc) is 1.78. The molecule has 0 spiro atoms. The lowest BCUT2D eigenvalue weighted by molar-refractivity contribution is -0.161. The van der Waals surface area contributed by atoms with Crippen LogP contribution in [0.1, 0.15) is 13.8 Å². The van der Waals surface area contributed by atoms with E-state index in [4.69, 9.17) is 9.47 Å². The van der Waals surface area contributed by atoms with Gasteiger partial charge in [-0.05, 0) is 20.8 Å². The van der Waals surface area contributed by atoms with E-state index in [-0.39, 0.29) is 11.7 Å². The molecular formula is C7H13O2. The van der Waals surface area contributed by atoms with Crippen LogP contribution in [-0.4, -0.2) is 24.9 Å². The first-order valence-electron chi connectivity index (χ1n) is 3.19. The fraction of sp³-hybridized carbons (Fsp3) is 0.857. The summed E-state index contributed by atoms with van der Waals surface area (Å²) in [6.45, 7) is 9.01. The summed E-state index contributed by atoms with van der Waals surface area (Å²) >= 11 is 0. The molecule has 0 aromatic carbocycles. The molecule has 1 radical (unpaired) electrons. The van der Waals surface area contributed by atoms with Gasteiger partial charge < -0.3 is 9.47 Å². The molecular weight excluding hydrogens is 116 g/mol. The highest BCUT2D eigenvalue weighted by atomic mass is 16.6. The molecule has 0 N–H and O–H groups in total. The third kappa shape index (κ3) is 1.95. The molecule has 0 amide bonds. The Kier molecular flexibility index (Phi) is 1.78. The zero-order chi connectivity index (χ0) is 6.91. The van der Waals surface area contributed by atoms with E-state index in [1.165, 1.54) is 0 Å². The van der Waals surface area contributed by atoms with Gasteiger partial charge in [-0.1, -0.05) is 0 Å². The molecule has 1 saturated heterocycles. The molecule has 2 nitrogen and oxygen atoms in total. The first kappa shape index (κ1) is 7.03. The first-order valence-corrected chi connectivity index (χ1v) is 3.19. The van der Waals surface area contributed by atoms with Crippen LogP contribution < -0.4 is 0 Å². The Labute approximate surface area is 56.2 Å². The van der Waals surface area contributed by atoms with Crippen molar-refractivity contribution in [3.05, 3.63) is 6.92 Å². The standard InChI is InChI=1S/C7H13O2/c1-6-4-9-7(2,3)5-8-6/h6H,1,4-5H2,2-3H3. The molecule has 1 fully saturated rings. The minimum Gasteiger partial charge on any atom is -0.373 e. The molecule has 9 heavy (non-hydrogen) atoms. The molecule has 0 aromatic heterocycles. The van der Waals surface area contributed by atoms with Gasteiger partial charge >= 0.3 is 0 Å². The number of rotatable bonds is 0. The van der Waals surface area contributed by atoms with Crippen LogP contribution >= 0.6 is 0 Å². The molecule has 0 aliphatic carbocycles. The Balaban J connectivity index is 2.35. The smallest absolute Gasteiger partial charge is 0.0860 e. The van der Waals surface area contributed by atoms with E-state index < -0.39 is 0 Å². The van der Waals surface area contributed by atoms with Gasteiger partial charge in [0.15, 0.2) is 0 Å². The van der Waals surface area contributed by atoms with Crippen LogP contribution in [0.15, 0.2) is 0 Å². The molecule has 1 heterocycles. The molecule has 1 aliphatic rings. The molecule has 53 valence electrons. The van der Waals surface area contributed by atoms with Crippen LogP contribution in [0.4, 0.5) is 0 Å². The van der Waals surface area contributed by atoms with Crippen molar-refractivity contribution in [2.75, 3.05) is 13.2 Å². The number of hydrogen-bond donors (Lipinski definition) is 0. The van der Waals surface area contributed by atoms with Gasteiger partial charge in [0.1, 0.15) is 0 Å². The summed E-state index contributed by atoms with van der Waals surface area (Å²) in [4.78, 5) is 0. The second-order valence-corrected chi connectivity index (χ2v) is 3.00. The lowest BCUT2D eigenvalue weighted by atomic mass is 10.1. The lowest BCUT2D eigenvalue weighted by Gasteiger charge is -2.33. The molecule has 0 bridgehead atoms. The SMILES string of the molecule is [CH2]C1COC(C)(C)CO1. The van der Waals surface area contributed by atoms with Crippen molar-refractivity contribution in [2.45, 2.75) is 25.6 Å². The lowest BCUT2D eigenvalue weighted by Crippen LogP contribution is -2.41. The van der Waals surface area contributed by atoms with Gasteiger partial charge in [0.2, 0.25) is 0 Å². The van der Waals surface area contributed by atoms with Gasteiger partial charge in [-0.2, -0.15) is 0 Å². The fourth-order valence-corrected chi connectivity index (χ4v) is 0.727. The van der Waals surface area contributed by atoms with E-state index in [1.54, 1.807) is 0 Å². The van der Waals surface area contributed by atoms with E-state index in [0.717, 1.165) is 0 Å². The highest BCUT2D eigenvalue weighted by Crippen LogP contribution is 2.16. The van der Waals surface area contributed by atoms with Crippen molar-refractivity contribution in [1.29, 1.82) is 0 Å². The predicted octanol–water partition coefficient (Wildman–Crippen LogP) is 1.01. The second kappa shape index (κ2) is 2.27. The van der Waals surface area contributed by atoms with E-state index in [2.05, 4.69) is 6.92 Å². The van der Waals surface area contributed by atoms with E-state index in [0.29, 0.717) is 13.2 Å². The highest BCUT2D eigenvalue weighted by molar-refractivity contribution is 4.75. The monoisotopic (exact) mass is 129 g/mol. The summed E-state index contributed by atoms with van der Waals surface area (Å²) in [5.74, 6) is 0. The maximum atomic E-state index is 5.39. The summed E-state index contributed by atoms with van der Waals surface area (Å²) in [6, 6.07) is 0. The molecule has 0 saturated carbocycles. The summed E-state index contributed by atoms with van der Waals surface area (Å²) < 4.78 is 10.6. The van der Waals surface area contributed by atoms with Gasteiger partial charge in [-0.3, -0.25) is 0 Å². The Bertz CT molecular complexity index is 89.1. The molecule has 1 aliphatic heterocycles. The average molecular weight is 129 g/mol. The van der Waals surface area contributed by atoms with Gasteiger partial charge in [-0.25, -0.2) is 0 Å². The van der Waals surface area contributed by atoms with Gasteiger partial charge in [-0.15, -0.1) is 0 Å². The summed E-state index contributed by atoms with van der Waals surface area (Å²) in [5, 5.41) is 0. The largest absolute Gasteiger partial charge is 0.373 e. The zero-order valence-electron chi connectivity index (χ0n) is 6.02. The highest BCUT2D eigenvalue weighted by Gasteiger charge is 2.25. The van der Waals surface area contributed by atoms with Crippen LogP contribution in [-0.2, 0) is 9.47 Å². The summed E-state index contributed by atoms with van der Waals surface area (Å²) in [5.41, 5.74) is -0.103. The Morgan fingerprint density at radius 3 is 2.56 bits per heavy atom. The molecule has 2 heteroatoms. The molecule has 1 unspecified atom stereocenters. The topological polar surface area (TPSA) is 18.5 Å². The van der Waals surface area contributed by atoms with Crippen LogP contribution in [0.3, 0.4) is 0 Å². The Morgan fingerprint density at radius 1 is 1.56 bits per heavy atom. The van der Waals surface area contributed by atoms with Crippen LogP contribution in [0.2, 0.25) is 0 Å². The van der Waals surface area contributed by atoms with E-state index >= 15 is 0 Å². The van der Waals surface area contributed by atoms with Crippen LogP contribution in [0.5, 0.6) is 0 Å². The second-order valence-electron chi connectivity index (χ2n) is 3.00. The van der Waals surface area contributed by atoms with Crippen molar-refractivity contribution in [1.82, 2.24) is 0 Å². The number of hydrogen-bond acceptors (Lipinski definition) is 2. The Morgan fingerprint density at radius 2 is 2.22 bits per heavy atom. The first-order chi connectivity index (χ1) is 4.10. The van der Waals surface area contributed by atoms with Crippen molar-refractivity contribution in [3.8, 4) is 0 Å². The molecule has 1 atom stereocenters. The summed E-state index contributed by atoms with van der Waals surface area (Å²) in [7, 11) is 0. The van der Waals surface area contributed by atoms with Crippen LogP contribution in [0.25, 0.3) is 0 Å². The third-order valence-corrected chi connectivity index (χ3v) is 1.33. The normalized spacial score (nSPS) is 34.3. The van der Waals surface area contributed by atoms with Gasteiger partial charge in [0.05, 0.1) is 24.9 Å². The van der Waals surface area contributed by atoms with Crippen molar-refractivity contribution in [3.63, 3.8) is 0 Å². The minimum absolute atomic E-state index is 0.0259. The zero-order valence-corrected chi connectivity index (χ0v) is 6.02. The van der Waals surface area contributed by atoms with E-state index in [9.17, 15) is 0 Å². The summed E-state index contributed by atoms with van der Waals surface area (Å²) in [6.07, 6.45) is 0.0259. The number of ether oxygens (including phenoxy) is 2. The van der Waals surface area contributed by atoms with Crippen LogP contribution in [0, 0.1) is 6.92 Å². The minimum atomic E-state index is -0.103. The molecule has 1 rings (SSSR count). The fourth-order valence-electron chi connectivity index (χ4n) is 0.727. The van der Waals surface area contributed by atoms with Crippen molar-refractivity contribution in [2.24, 2.45) is 0 Å². The Hall–Kier alpha value is -0.0800. The van der Waals surface area contributed by atoms with Gasteiger partial charge in [0.25, 0.3) is 0 Å². The van der Waals surface area contributed by atoms with Crippen molar-refractivity contribution >= 4 is 0 Å². The van der Waals surface area contributed by atoms with Gasteiger partial charge in [0, 0.05) is 0 Å². The molecule has 0 aromatic rings. The third-order valence-electron chi connectivity index (χ3n) is 1.33. The van der Waals surface area contributed by atoms with E-state index in [1.807, 2.05) is 13.8 Å². The maximum absolute atomic E-state index is 5.39.